The number of pyridine rings is 1. The summed E-state index contributed by atoms with van der Waals surface area (Å²) < 4.78 is 195. The molecule has 0 aliphatic heterocycles. The minimum atomic E-state index is -6.26. The second-order valence-corrected chi connectivity index (χ2v) is 29.1. The third-order valence-corrected chi connectivity index (χ3v) is 20.7. The number of benzene rings is 11. The van der Waals surface area contributed by atoms with Crippen LogP contribution in [-0.4, -0.2) is 22.2 Å². The van der Waals surface area contributed by atoms with Crippen LogP contribution in [0.4, 0.5) is 0 Å². The summed E-state index contributed by atoms with van der Waals surface area (Å²) in [4.78, 5) is 4.90. The Labute approximate surface area is 557 Å². The molecule has 6 heteroatoms. The second kappa shape index (κ2) is 22.8. The van der Waals surface area contributed by atoms with Crippen LogP contribution in [0.25, 0.3) is 83.4 Å². The molecule has 14 aromatic rings. The van der Waals surface area contributed by atoms with Gasteiger partial charge in [0.05, 0.1) is 59.5 Å². The molecule has 0 saturated carbocycles. The van der Waals surface area contributed by atoms with Gasteiger partial charge in [-0.15, -0.1) is 0 Å². The molecule has 0 saturated heterocycles. The van der Waals surface area contributed by atoms with Gasteiger partial charge in [0, 0.05) is 23.0 Å². The first-order valence-corrected chi connectivity index (χ1v) is 31.9. The molecule has 3 aromatic heterocycles. The van der Waals surface area contributed by atoms with E-state index in [-0.39, 0.29) is 22.1 Å². The Bertz CT molecular complexity index is 5910. The zero-order valence-corrected chi connectivity index (χ0v) is 52.4. The maximum Gasteiger partial charge on any atom is 0.269 e. The highest BCUT2D eigenvalue weighted by atomic mass is 28.3. The standard InChI is InChI=1S/C84H74N4OSi/c1-82(2,3)62-44-41-58(42-45-62)59-43-48-77-79(53-59)86(65-28-23-29-66(55-65)89-67-46-47-75-74-37-19-20-40-76(74)88(78(75)56-67)80-54-64(49-50-85-80)84(7,8)9)57-87(77)81-72(60-25-21-27-63(51-60)83(4,5)6)38-24-39-73(81)61-26-22-36-71(52-61)90(68-30-13-10-14-31-68,69-32-15-11-16-33-69)70-34-17-12-18-35-70/h10-56H,1-9H3/i10D,11D,12D,13D,14D,15D,16D,17D,18D,22D,26D,30D,31D,32D,33D,34D,35D,36D,52D. The fourth-order valence-corrected chi connectivity index (χ4v) is 15.6. The van der Waals surface area contributed by atoms with Gasteiger partial charge < -0.3 is 4.74 Å². The van der Waals surface area contributed by atoms with E-state index < -0.39 is 155 Å². The molecule has 3 heterocycles. The zero-order valence-electron chi connectivity index (χ0n) is 70.4. The van der Waals surface area contributed by atoms with Crippen LogP contribution in [0.1, 0.15) is 105 Å². The normalized spacial score (nSPS) is 15.2. The monoisotopic (exact) mass is 1200 g/mol. The summed E-state index contributed by atoms with van der Waals surface area (Å²) in [6.07, 6.45) is 5.53. The molecule has 11 aromatic carbocycles. The first kappa shape index (κ1) is 39.7. The third-order valence-electron chi connectivity index (χ3n) is 16.7. The van der Waals surface area contributed by atoms with Crippen molar-refractivity contribution in [3.63, 3.8) is 0 Å². The van der Waals surface area contributed by atoms with Crippen LogP contribution in [0.5, 0.6) is 11.5 Å². The van der Waals surface area contributed by atoms with Crippen LogP contribution >= 0.6 is 0 Å². The topological polar surface area (TPSA) is 35.9 Å². The van der Waals surface area contributed by atoms with Gasteiger partial charge in [0.1, 0.15) is 17.3 Å². The zero-order chi connectivity index (χ0) is 78.5. The molecular weight excluding hydrogens is 1110 g/mol. The molecule has 5 nitrogen and oxygen atoms in total. The van der Waals surface area contributed by atoms with Crippen LogP contribution in [-0.2, 0) is 16.2 Å². The molecule has 0 unspecified atom stereocenters. The SMILES string of the molecule is [2H]c1c([2H])c([2H])c([Si](c2c([2H])c([2H])c([2H])c([2H])c2[2H])(c2c([2H])c([2H])c([2H])c([2H])c2[2H])c2c([2H])c([2H])c([2H])c(-c3cccc(-c4cccc(C(C)(C)C)c4)c3-[n+]3[c-]n(-c4cccc(Oc5ccc6c7ccccc7n(-c7cc(C(C)(C)C)ccn7)c6c5)c4)c4cc(-c5ccc(C(C)(C)C)cc5)ccc43)c2[2H])c([2H])c1[2H]. The number of rotatable bonds is 12. The van der Waals surface area contributed by atoms with E-state index in [1.807, 2.05) is 120 Å². The third kappa shape index (κ3) is 10.5. The number of para-hydroxylation sites is 2. The van der Waals surface area contributed by atoms with E-state index in [1.54, 1.807) is 16.7 Å². The van der Waals surface area contributed by atoms with E-state index in [0.717, 1.165) is 55.4 Å². The van der Waals surface area contributed by atoms with Gasteiger partial charge in [-0.3, -0.25) is 13.7 Å². The first-order valence-electron chi connectivity index (χ1n) is 39.4. The van der Waals surface area contributed by atoms with Crippen LogP contribution in [0, 0.1) is 6.33 Å². The lowest BCUT2D eigenvalue weighted by molar-refractivity contribution is -0.571. The van der Waals surface area contributed by atoms with Crippen molar-refractivity contribution >= 4 is 61.7 Å². The molecule has 0 aliphatic carbocycles. The summed E-state index contributed by atoms with van der Waals surface area (Å²) in [5, 5.41) is -1.70. The molecule has 90 heavy (non-hydrogen) atoms. The van der Waals surface area contributed by atoms with Crippen LogP contribution in [0.3, 0.4) is 0 Å². The van der Waals surface area contributed by atoms with Gasteiger partial charge in [-0.2, -0.15) is 0 Å². The highest BCUT2D eigenvalue weighted by Gasteiger charge is 2.41. The number of ether oxygens (including phenoxy) is 1. The lowest BCUT2D eigenvalue weighted by atomic mass is 9.85. The Kier molecular flexibility index (Phi) is 10.0. The first-order chi connectivity index (χ1) is 51.4. The second-order valence-electron chi connectivity index (χ2n) is 25.6. The van der Waals surface area contributed by atoms with E-state index >= 15 is 0 Å². The Morgan fingerprint density at radius 2 is 1.02 bits per heavy atom. The summed E-state index contributed by atoms with van der Waals surface area (Å²) in [7, 11) is -6.26. The van der Waals surface area contributed by atoms with E-state index in [1.165, 1.54) is 0 Å². The van der Waals surface area contributed by atoms with Crippen molar-refractivity contribution in [1.82, 2.24) is 14.1 Å². The largest absolute Gasteiger partial charge is 0.458 e. The van der Waals surface area contributed by atoms with E-state index in [9.17, 15) is 21.9 Å². The summed E-state index contributed by atoms with van der Waals surface area (Å²) in [6.45, 7) is 19.1. The highest BCUT2D eigenvalue weighted by Crippen LogP contribution is 2.40. The quantitative estimate of drug-likeness (QED) is 0.0529. The van der Waals surface area contributed by atoms with Gasteiger partial charge >= 0.3 is 0 Å². The Balaban J connectivity index is 1.09. The van der Waals surface area contributed by atoms with Crippen molar-refractivity contribution in [2.24, 2.45) is 0 Å². The number of fused-ring (bicyclic) bond motifs is 4. The Morgan fingerprint density at radius 1 is 0.433 bits per heavy atom. The van der Waals surface area contributed by atoms with Crippen molar-refractivity contribution < 1.29 is 35.3 Å². The van der Waals surface area contributed by atoms with Crippen molar-refractivity contribution in [2.75, 3.05) is 0 Å². The van der Waals surface area contributed by atoms with Crippen LogP contribution < -0.4 is 30.1 Å². The van der Waals surface area contributed by atoms with Gasteiger partial charge in [0.25, 0.3) is 6.33 Å². The van der Waals surface area contributed by atoms with Gasteiger partial charge in [0.2, 0.25) is 0 Å². The number of hydrogen-bond donors (Lipinski definition) is 0. The minimum Gasteiger partial charge on any atom is -0.458 e. The van der Waals surface area contributed by atoms with E-state index in [2.05, 4.69) is 116 Å². The summed E-state index contributed by atoms with van der Waals surface area (Å²) in [5.74, 6) is 1.71. The average molecular weight is 1200 g/mol. The van der Waals surface area contributed by atoms with Crippen molar-refractivity contribution in [2.45, 2.75) is 78.6 Å². The molecule has 0 fully saturated rings. The Hall–Kier alpha value is -10.1. The molecule has 14 rings (SSSR count). The van der Waals surface area contributed by atoms with Crippen LogP contribution in [0.2, 0.25) is 0 Å². The summed E-state index contributed by atoms with van der Waals surface area (Å²) in [5.41, 5.74) is 8.34. The number of imidazole rings is 1. The van der Waals surface area contributed by atoms with Gasteiger partial charge in [-0.1, -0.05) is 280 Å². The molecule has 0 amide bonds. The molecule has 0 aliphatic rings. The average Bonchev–Trinajstić information content (AvgIpc) is 1.28. The van der Waals surface area contributed by atoms with Gasteiger partial charge in [-0.25, -0.2) is 4.98 Å². The summed E-state index contributed by atoms with van der Waals surface area (Å²) in [6, 6.07) is 33.1. The highest BCUT2D eigenvalue weighted by molar-refractivity contribution is 7.19. The predicted octanol–water partition coefficient (Wildman–Crippen LogP) is 18.3. The maximum atomic E-state index is 11.1. The lowest BCUT2D eigenvalue weighted by Gasteiger charge is -2.34. The van der Waals surface area contributed by atoms with E-state index in [0.29, 0.717) is 39.3 Å². The number of nitrogens with zero attached hydrogens (tertiary/aromatic N) is 4. The number of hydrogen-bond acceptors (Lipinski definition) is 2. The lowest BCUT2D eigenvalue weighted by Crippen LogP contribution is -2.74. The smallest absolute Gasteiger partial charge is 0.269 e. The maximum absolute atomic E-state index is 11.1. The predicted molar refractivity (Wildman–Crippen MR) is 378 cm³/mol. The minimum absolute atomic E-state index is 0.0122. The van der Waals surface area contributed by atoms with Crippen molar-refractivity contribution in [1.29, 1.82) is 0 Å². The van der Waals surface area contributed by atoms with Crippen molar-refractivity contribution in [3.05, 3.63) is 308 Å². The summed E-state index contributed by atoms with van der Waals surface area (Å²) >= 11 is 0. The van der Waals surface area contributed by atoms with E-state index in [4.69, 9.17) is 13.8 Å². The molecule has 0 atom stereocenters. The molecule has 440 valence electrons. The Morgan fingerprint density at radius 3 is 1.70 bits per heavy atom. The molecular formula is C84H74N4OSi. The van der Waals surface area contributed by atoms with Crippen molar-refractivity contribution in [3.8, 4) is 62.1 Å². The molecule has 0 N–H and O–H groups in total. The van der Waals surface area contributed by atoms with Gasteiger partial charge in [-0.05, 0) is 142 Å². The number of aromatic nitrogens is 4. The van der Waals surface area contributed by atoms with Gasteiger partial charge in [0.15, 0.2) is 8.07 Å². The van der Waals surface area contributed by atoms with Crippen LogP contribution in [0.15, 0.2) is 285 Å². The fraction of sp³-hybridized carbons (Fsp3) is 0.143. The molecule has 0 bridgehead atoms. The molecule has 0 radical (unpaired) electrons. The molecule has 0 spiro atoms. The fourth-order valence-electron chi connectivity index (χ4n) is 12.0.